The fourth-order valence-electron chi connectivity index (χ4n) is 8.20. The molecule has 1 heterocycles. The first-order chi connectivity index (χ1) is 25.4. The molecule has 1 unspecified atom stereocenters. The van der Waals surface area contributed by atoms with Crippen LogP contribution in [-0.4, -0.2) is 75.3 Å². The molecule has 6 atom stereocenters. The number of hydrogen-bond donors (Lipinski definition) is 2. The number of carbonyl (C=O) groups is 3. The van der Waals surface area contributed by atoms with Gasteiger partial charge < -0.3 is 43.6 Å². The van der Waals surface area contributed by atoms with Crippen molar-refractivity contribution in [1.82, 2.24) is 10.6 Å². The Morgan fingerprint density at radius 1 is 0.927 bits per heavy atom. The van der Waals surface area contributed by atoms with Crippen molar-refractivity contribution in [3.8, 4) is 17.2 Å². The second kappa shape index (κ2) is 15.3. The van der Waals surface area contributed by atoms with Crippen molar-refractivity contribution >= 4 is 36.7 Å². The molecule has 3 aliphatic carbocycles. The summed E-state index contributed by atoms with van der Waals surface area (Å²) in [5.74, 6) is -4.46. The summed E-state index contributed by atoms with van der Waals surface area (Å²) in [5, 5.41) is 5.04. The van der Waals surface area contributed by atoms with Gasteiger partial charge in [-0.1, -0.05) is 31.5 Å². The van der Waals surface area contributed by atoms with E-state index < -0.39 is 76.6 Å². The van der Waals surface area contributed by atoms with Gasteiger partial charge in [0.25, 0.3) is 0 Å². The Bertz CT molecular complexity index is 1830. The van der Waals surface area contributed by atoms with Gasteiger partial charge in [0.15, 0.2) is 11.5 Å². The number of ether oxygens (including phenoxy) is 5. The van der Waals surface area contributed by atoms with Crippen LogP contribution in [0.4, 0.5) is 13.6 Å². The predicted molar refractivity (Wildman–Crippen MR) is 200 cm³/mol. The summed E-state index contributed by atoms with van der Waals surface area (Å²) in [4.78, 5) is 41.1. The van der Waals surface area contributed by atoms with Crippen molar-refractivity contribution in [2.24, 2.45) is 17.3 Å². The molecule has 12 nitrogen and oxygen atoms in total. The molecular formula is C39H52BClF2N2O10. The topological polar surface area (TPSA) is 140 Å². The van der Waals surface area contributed by atoms with Crippen LogP contribution in [0.2, 0.25) is 5.02 Å². The summed E-state index contributed by atoms with van der Waals surface area (Å²) in [7, 11) is 2.79. The summed E-state index contributed by atoms with van der Waals surface area (Å²) < 4.78 is 71.9. The Balaban J connectivity index is 1.59. The molecule has 2 aromatic carbocycles. The molecule has 0 spiro atoms. The summed E-state index contributed by atoms with van der Waals surface area (Å²) in [6.45, 7) is 16.3. The normalized spacial score (nSPS) is 23.8. The van der Waals surface area contributed by atoms with E-state index in [0.717, 1.165) is 25.0 Å². The number of rotatable bonds is 11. The van der Waals surface area contributed by atoms with Crippen molar-refractivity contribution in [1.29, 1.82) is 0 Å². The lowest BCUT2D eigenvalue weighted by atomic mass is 9.43. The van der Waals surface area contributed by atoms with Crippen LogP contribution < -0.4 is 24.8 Å². The Kier molecular flexibility index (Phi) is 11.7. The molecule has 55 heavy (non-hydrogen) atoms. The van der Waals surface area contributed by atoms with Crippen LogP contribution in [0.15, 0.2) is 18.2 Å². The smallest absolute Gasteiger partial charge is 0.482 e. The lowest BCUT2D eigenvalue weighted by Gasteiger charge is -2.64. The quantitative estimate of drug-likeness (QED) is 0.178. The zero-order valence-corrected chi connectivity index (χ0v) is 34.3. The van der Waals surface area contributed by atoms with E-state index >= 15 is 8.78 Å². The Morgan fingerprint density at radius 3 is 2.13 bits per heavy atom. The summed E-state index contributed by atoms with van der Waals surface area (Å²) in [6.07, 6.45) is 0.212. The van der Waals surface area contributed by atoms with E-state index in [-0.39, 0.29) is 46.1 Å². The van der Waals surface area contributed by atoms with Crippen LogP contribution in [-0.2, 0) is 30.0 Å². The highest BCUT2D eigenvalue weighted by atomic mass is 35.5. The number of amides is 2. The van der Waals surface area contributed by atoms with Gasteiger partial charge in [0.2, 0.25) is 5.91 Å². The van der Waals surface area contributed by atoms with E-state index in [1.807, 2.05) is 6.92 Å². The second-order valence-corrected chi connectivity index (χ2v) is 17.6. The van der Waals surface area contributed by atoms with Crippen LogP contribution in [0.5, 0.6) is 17.2 Å². The van der Waals surface area contributed by atoms with Crippen LogP contribution in [0.3, 0.4) is 0 Å². The van der Waals surface area contributed by atoms with Crippen LogP contribution >= 0.6 is 11.6 Å². The van der Waals surface area contributed by atoms with Gasteiger partial charge in [-0.3, -0.25) is 4.79 Å². The van der Waals surface area contributed by atoms with Gasteiger partial charge in [-0.15, -0.1) is 0 Å². The number of carbonyl (C=O) groups excluding carboxylic acids is 3. The first kappa shape index (κ1) is 42.3. The lowest BCUT2D eigenvalue weighted by molar-refractivity contribution is -0.199. The highest BCUT2D eigenvalue weighted by molar-refractivity contribution is 6.48. The number of hydrogen-bond acceptors (Lipinski definition) is 10. The maximum absolute atomic E-state index is 16.0. The molecule has 1 aliphatic heterocycles. The number of esters is 1. The van der Waals surface area contributed by atoms with Gasteiger partial charge in [-0.05, 0) is 96.6 Å². The monoisotopic (exact) mass is 792 g/mol. The van der Waals surface area contributed by atoms with E-state index in [1.54, 1.807) is 41.5 Å². The minimum atomic E-state index is -1.79. The van der Waals surface area contributed by atoms with E-state index in [4.69, 9.17) is 44.6 Å². The number of nitrogens with one attached hydrogen (secondary N) is 2. The average molecular weight is 793 g/mol. The molecule has 4 fully saturated rings. The first-order valence-electron chi connectivity index (χ1n) is 18.3. The van der Waals surface area contributed by atoms with Crippen LogP contribution in [0.1, 0.15) is 103 Å². The molecule has 2 N–H and O–H groups in total. The Hall–Kier alpha value is -3.82. The molecule has 4 aliphatic rings. The maximum atomic E-state index is 16.0. The van der Waals surface area contributed by atoms with Crippen molar-refractivity contribution in [2.45, 2.75) is 116 Å². The van der Waals surface area contributed by atoms with Gasteiger partial charge in [-0.2, -0.15) is 0 Å². The third kappa shape index (κ3) is 8.34. The molecule has 0 radical (unpaired) electrons. The summed E-state index contributed by atoms with van der Waals surface area (Å²) in [5.41, 5.74) is -3.20. The van der Waals surface area contributed by atoms with Crippen LogP contribution in [0.25, 0.3) is 0 Å². The standard InChI is InChI=1S/C39H52BClF2N2O10/c1-36(2,3)52-34(47)28-21(42)14-13-19(31(28)50-11)15-26(40-54-25-17-20-16-24(38(20,7)8)39(25,9)55-40)44-33(46)30(45-35(48)53-37(4,5)6)27-22(43)18-23(49-10)32(51-12)29(27)41/h13-14,18,20,24-26,30H,15-17H2,1-12H3,(H,44,46)(H,45,48)/t20-,24-,25+,26-,30?,39-/m0/s1. The van der Waals surface area contributed by atoms with Gasteiger partial charge >= 0.3 is 19.2 Å². The molecule has 2 bridgehead atoms. The van der Waals surface area contributed by atoms with E-state index in [9.17, 15) is 14.4 Å². The van der Waals surface area contributed by atoms with Crippen molar-refractivity contribution < 1.29 is 56.2 Å². The fourth-order valence-corrected chi connectivity index (χ4v) is 8.57. The lowest BCUT2D eigenvalue weighted by Crippen LogP contribution is -2.65. The molecule has 302 valence electrons. The highest BCUT2D eigenvalue weighted by Gasteiger charge is 2.68. The predicted octanol–water partition coefficient (Wildman–Crippen LogP) is 7.16. The molecule has 3 saturated carbocycles. The average Bonchev–Trinajstić information content (AvgIpc) is 3.43. The van der Waals surface area contributed by atoms with Crippen molar-refractivity contribution in [3.63, 3.8) is 0 Å². The maximum Gasteiger partial charge on any atom is 0.482 e. The third-order valence-electron chi connectivity index (χ3n) is 10.9. The molecule has 0 aromatic heterocycles. The first-order valence-corrected chi connectivity index (χ1v) is 18.6. The molecule has 1 saturated heterocycles. The highest BCUT2D eigenvalue weighted by Crippen LogP contribution is 2.65. The summed E-state index contributed by atoms with van der Waals surface area (Å²) >= 11 is 6.68. The largest absolute Gasteiger partial charge is 0.495 e. The Morgan fingerprint density at radius 2 is 1.56 bits per heavy atom. The number of methoxy groups -OCH3 is 3. The van der Waals surface area contributed by atoms with Gasteiger partial charge in [-0.25, -0.2) is 18.4 Å². The molecule has 2 aromatic rings. The zero-order chi connectivity index (χ0) is 41.0. The fraction of sp³-hybridized carbons (Fsp3) is 0.615. The van der Waals surface area contributed by atoms with Crippen molar-refractivity contribution in [3.05, 3.63) is 51.5 Å². The van der Waals surface area contributed by atoms with Gasteiger partial charge in [0.1, 0.15) is 40.2 Å². The number of benzene rings is 2. The van der Waals surface area contributed by atoms with Gasteiger partial charge in [0.05, 0.1) is 44.0 Å². The van der Waals surface area contributed by atoms with E-state index in [1.165, 1.54) is 27.4 Å². The molecule has 6 rings (SSSR count). The van der Waals surface area contributed by atoms with E-state index in [2.05, 4.69) is 24.5 Å². The minimum absolute atomic E-state index is 0.00509. The Labute approximate surface area is 326 Å². The SMILES string of the molecule is COc1cc(F)c(C(NC(=O)OC(C)(C)C)C(=O)N[C@@H](Cc2ccc(F)c(C(=O)OC(C)(C)C)c2OC)B2O[C@@H]3C[C@@H]4C[C@@H](C4(C)C)[C@]3(C)O2)c(Cl)c1OC. The van der Waals surface area contributed by atoms with E-state index in [0.29, 0.717) is 11.5 Å². The minimum Gasteiger partial charge on any atom is -0.495 e. The zero-order valence-electron chi connectivity index (χ0n) is 33.5. The van der Waals surface area contributed by atoms with Crippen molar-refractivity contribution in [2.75, 3.05) is 21.3 Å². The second-order valence-electron chi connectivity index (χ2n) is 17.2. The summed E-state index contributed by atoms with van der Waals surface area (Å²) in [6, 6.07) is 1.73. The molecular weight excluding hydrogens is 741 g/mol. The molecule has 16 heteroatoms. The number of halogens is 3. The number of alkyl carbamates (subject to hydrolysis) is 1. The third-order valence-corrected chi connectivity index (χ3v) is 11.2. The van der Waals surface area contributed by atoms with Gasteiger partial charge in [0, 0.05) is 11.6 Å². The van der Waals surface area contributed by atoms with Crippen LogP contribution in [0, 0.1) is 28.9 Å². The molecule has 2 amide bonds.